The van der Waals surface area contributed by atoms with E-state index in [1.54, 1.807) is 7.11 Å². The van der Waals surface area contributed by atoms with Crippen LogP contribution in [0.2, 0.25) is 0 Å². The minimum absolute atomic E-state index is 0.190. The summed E-state index contributed by atoms with van der Waals surface area (Å²) in [6, 6.07) is 9.84. The Labute approximate surface area is 101 Å². The molecule has 4 heteroatoms. The number of ether oxygens (including phenoxy) is 2. The second-order valence-electron chi connectivity index (χ2n) is 3.95. The van der Waals surface area contributed by atoms with Gasteiger partial charge in [0.05, 0.1) is 26.4 Å². The molecule has 1 aromatic carbocycles. The van der Waals surface area contributed by atoms with Crippen molar-refractivity contribution in [2.24, 2.45) is 0 Å². The first kappa shape index (κ1) is 11.9. The lowest BCUT2D eigenvalue weighted by Gasteiger charge is -2.30. The fraction of sp³-hybridized carbons (Fsp3) is 0.462. The summed E-state index contributed by atoms with van der Waals surface area (Å²) in [4.78, 5) is 2.14. The highest BCUT2D eigenvalue weighted by Crippen LogP contribution is 2.23. The zero-order valence-electron chi connectivity index (χ0n) is 9.93. The molecule has 0 unspecified atom stereocenters. The van der Waals surface area contributed by atoms with E-state index in [4.69, 9.17) is 9.47 Å². The Hall–Kier alpha value is -1.57. The number of morpholine rings is 1. The van der Waals surface area contributed by atoms with E-state index < -0.39 is 0 Å². The predicted molar refractivity (Wildman–Crippen MR) is 63.7 cm³/mol. The molecule has 1 aliphatic rings. The highest BCUT2D eigenvalue weighted by molar-refractivity contribution is 5.31. The molecule has 17 heavy (non-hydrogen) atoms. The molecule has 1 aliphatic heterocycles. The number of benzene rings is 1. The highest BCUT2D eigenvalue weighted by Gasteiger charge is 2.21. The van der Waals surface area contributed by atoms with Crippen molar-refractivity contribution < 1.29 is 9.47 Å². The van der Waals surface area contributed by atoms with Gasteiger partial charge in [-0.05, 0) is 17.7 Å². The average Bonchev–Trinajstić information content (AvgIpc) is 2.42. The number of nitrogens with zero attached hydrogens (tertiary/aromatic N) is 2. The van der Waals surface area contributed by atoms with Gasteiger partial charge in [0.2, 0.25) is 0 Å². The summed E-state index contributed by atoms with van der Waals surface area (Å²) in [7, 11) is 1.64. The van der Waals surface area contributed by atoms with Crippen LogP contribution in [0.1, 0.15) is 11.6 Å². The predicted octanol–water partition coefficient (Wildman–Crippen LogP) is 1.59. The van der Waals surface area contributed by atoms with E-state index in [-0.39, 0.29) is 6.04 Å². The van der Waals surface area contributed by atoms with Gasteiger partial charge in [0, 0.05) is 13.1 Å². The van der Waals surface area contributed by atoms with Crippen LogP contribution in [0, 0.1) is 11.3 Å². The maximum Gasteiger partial charge on any atom is 0.124 e. The summed E-state index contributed by atoms with van der Waals surface area (Å²) < 4.78 is 10.4. The molecular weight excluding hydrogens is 216 g/mol. The van der Waals surface area contributed by atoms with Crippen molar-refractivity contribution in [3.63, 3.8) is 0 Å². The maximum absolute atomic E-state index is 9.29. The molecule has 1 atom stereocenters. The Morgan fingerprint density at radius 1 is 1.29 bits per heavy atom. The molecule has 1 heterocycles. The first-order valence-electron chi connectivity index (χ1n) is 5.70. The molecule has 0 amide bonds. The van der Waals surface area contributed by atoms with Crippen LogP contribution in [0.25, 0.3) is 0 Å². The van der Waals surface area contributed by atoms with Gasteiger partial charge in [-0.1, -0.05) is 12.1 Å². The summed E-state index contributed by atoms with van der Waals surface area (Å²) in [5, 5.41) is 9.29. The molecule has 0 aromatic heterocycles. The van der Waals surface area contributed by atoms with Gasteiger partial charge in [0.15, 0.2) is 0 Å². The second kappa shape index (κ2) is 5.67. The van der Waals surface area contributed by atoms with Crippen molar-refractivity contribution in [3.05, 3.63) is 29.8 Å². The smallest absolute Gasteiger partial charge is 0.124 e. The van der Waals surface area contributed by atoms with Gasteiger partial charge in [0.25, 0.3) is 0 Å². The van der Waals surface area contributed by atoms with Crippen LogP contribution in [0.15, 0.2) is 24.3 Å². The van der Waals surface area contributed by atoms with E-state index >= 15 is 0 Å². The van der Waals surface area contributed by atoms with E-state index in [1.807, 2.05) is 24.3 Å². The third kappa shape index (κ3) is 2.76. The molecule has 90 valence electrons. The van der Waals surface area contributed by atoms with Crippen molar-refractivity contribution in [3.8, 4) is 11.8 Å². The maximum atomic E-state index is 9.29. The van der Waals surface area contributed by atoms with Crippen LogP contribution in [0.4, 0.5) is 0 Å². The molecule has 1 saturated heterocycles. The van der Waals surface area contributed by atoms with Crippen LogP contribution in [0.5, 0.6) is 5.75 Å². The molecule has 1 fully saturated rings. The molecule has 0 bridgehead atoms. The summed E-state index contributed by atoms with van der Waals surface area (Å²) in [6.07, 6.45) is 0. The Morgan fingerprint density at radius 3 is 2.47 bits per heavy atom. The highest BCUT2D eigenvalue weighted by atomic mass is 16.5. The number of hydrogen-bond acceptors (Lipinski definition) is 4. The third-order valence-electron chi connectivity index (χ3n) is 2.96. The van der Waals surface area contributed by atoms with Crippen LogP contribution in [-0.4, -0.2) is 38.3 Å². The van der Waals surface area contributed by atoms with Crippen LogP contribution >= 0.6 is 0 Å². The largest absolute Gasteiger partial charge is 0.497 e. The average molecular weight is 232 g/mol. The minimum atomic E-state index is -0.190. The van der Waals surface area contributed by atoms with E-state index in [9.17, 15) is 5.26 Å². The third-order valence-corrected chi connectivity index (χ3v) is 2.96. The van der Waals surface area contributed by atoms with Gasteiger partial charge in [-0.25, -0.2) is 0 Å². The Bertz CT molecular complexity index is 391. The zero-order chi connectivity index (χ0) is 12.1. The Balaban J connectivity index is 2.13. The van der Waals surface area contributed by atoms with Gasteiger partial charge < -0.3 is 9.47 Å². The normalized spacial score (nSPS) is 18.4. The molecule has 0 N–H and O–H groups in total. The van der Waals surface area contributed by atoms with Crippen molar-refractivity contribution >= 4 is 0 Å². The molecule has 2 rings (SSSR count). The fourth-order valence-corrected chi connectivity index (χ4v) is 1.99. The minimum Gasteiger partial charge on any atom is -0.497 e. The second-order valence-corrected chi connectivity index (χ2v) is 3.95. The SMILES string of the molecule is COc1ccc([C@@H](C#N)N2CCOCC2)cc1. The lowest BCUT2D eigenvalue weighted by molar-refractivity contribution is 0.0266. The van der Waals surface area contributed by atoms with E-state index in [0.717, 1.165) is 24.4 Å². The van der Waals surface area contributed by atoms with Gasteiger partial charge in [-0.2, -0.15) is 5.26 Å². The Kier molecular flexibility index (Phi) is 3.97. The molecule has 0 saturated carbocycles. The number of methoxy groups -OCH3 is 1. The summed E-state index contributed by atoms with van der Waals surface area (Å²) in [5.74, 6) is 0.812. The van der Waals surface area contributed by atoms with Crippen molar-refractivity contribution in [2.75, 3.05) is 33.4 Å². The summed E-state index contributed by atoms with van der Waals surface area (Å²) in [5.41, 5.74) is 1.01. The first-order valence-corrected chi connectivity index (χ1v) is 5.70. The van der Waals surface area contributed by atoms with Crippen LogP contribution in [0.3, 0.4) is 0 Å². The number of hydrogen-bond donors (Lipinski definition) is 0. The quantitative estimate of drug-likeness (QED) is 0.794. The zero-order valence-corrected chi connectivity index (χ0v) is 9.93. The standard InChI is InChI=1S/C13H16N2O2/c1-16-12-4-2-11(3-5-12)13(10-14)15-6-8-17-9-7-15/h2-5,13H,6-9H2,1H3/t13-/m1/s1. The van der Waals surface area contributed by atoms with Gasteiger partial charge in [-0.15, -0.1) is 0 Å². The summed E-state index contributed by atoms with van der Waals surface area (Å²) in [6.45, 7) is 3.02. The molecular formula is C13H16N2O2. The van der Waals surface area contributed by atoms with E-state index in [0.29, 0.717) is 13.2 Å². The van der Waals surface area contributed by atoms with E-state index in [1.165, 1.54) is 0 Å². The lowest BCUT2D eigenvalue weighted by Crippen LogP contribution is -2.38. The first-order chi connectivity index (χ1) is 8.35. The van der Waals surface area contributed by atoms with Gasteiger partial charge in [-0.3, -0.25) is 4.90 Å². The van der Waals surface area contributed by atoms with Crippen LogP contribution in [-0.2, 0) is 4.74 Å². The monoisotopic (exact) mass is 232 g/mol. The molecule has 1 aromatic rings. The van der Waals surface area contributed by atoms with Crippen molar-refractivity contribution in [1.82, 2.24) is 4.90 Å². The number of nitriles is 1. The molecule has 0 aliphatic carbocycles. The van der Waals surface area contributed by atoms with Crippen molar-refractivity contribution in [1.29, 1.82) is 5.26 Å². The molecule has 0 radical (unpaired) electrons. The van der Waals surface area contributed by atoms with Crippen molar-refractivity contribution in [2.45, 2.75) is 6.04 Å². The van der Waals surface area contributed by atoms with Crippen LogP contribution < -0.4 is 4.74 Å². The number of rotatable bonds is 3. The van der Waals surface area contributed by atoms with E-state index in [2.05, 4.69) is 11.0 Å². The Morgan fingerprint density at radius 2 is 1.94 bits per heavy atom. The fourth-order valence-electron chi connectivity index (χ4n) is 1.99. The summed E-state index contributed by atoms with van der Waals surface area (Å²) >= 11 is 0. The molecule has 4 nitrogen and oxygen atoms in total. The molecule has 0 spiro atoms. The topological polar surface area (TPSA) is 45.5 Å². The lowest BCUT2D eigenvalue weighted by atomic mass is 10.1. The van der Waals surface area contributed by atoms with Gasteiger partial charge >= 0.3 is 0 Å². The van der Waals surface area contributed by atoms with Gasteiger partial charge in [0.1, 0.15) is 11.8 Å².